The highest BCUT2D eigenvalue weighted by atomic mass is 16.6. The fourth-order valence-corrected chi connectivity index (χ4v) is 1.91. The Morgan fingerprint density at radius 2 is 2.00 bits per heavy atom. The zero-order valence-electron chi connectivity index (χ0n) is 11.8. The minimum atomic E-state index is -0.469. The van der Waals surface area contributed by atoms with E-state index in [4.69, 9.17) is 9.47 Å². The van der Waals surface area contributed by atoms with Crippen LogP contribution in [0.3, 0.4) is 0 Å². The number of methoxy groups -OCH3 is 1. The van der Waals surface area contributed by atoms with Gasteiger partial charge in [-0.3, -0.25) is 10.1 Å². The first-order chi connectivity index (χ1) is 10.1. The molecule has 6 nitrogen and oxygen atoms in total. The highest BCUT2D eigenvalue weighted by molar-refractivity contribution is 5.50. The molecule has 2 rings (SSSR count). The predicted octanol–water partition coefficient (Wildman–Crippen LogP) is 3.12. The molecule has 1 N–H and O–H groups in total. The van der Waals surface area contributed by atoms with E-state index in [9.17, 15) is 10.1 Å². The molecule has 6 heteroatoms. The topological polar surface area (TPSA) is 73.6 Å². The SMILES string of the molecule is CNCc1cccc(Oc2cc([N+](=O)[O-])ccc2OC)c1. The summed E-state index contributed by atoms with van der Waals surface area (Å²) in [7, 11) is 3.35. The zero-order chi connectivity index (χ0) is 15.2. The third-order valence-corrected chi connectivity index (χ3v) is 2.87. The van der Waals surface area contributed by atoms with E-state index in [0.29, 0.717) is 23.8 Å². The minimum absolute atomic E-state index is 0.0443. The lowest BCUT2D eigenvalue weighted by molar-refractivity contribution is -0.384. The molecule has 0 aliphatic heterocycles. The average molecular weight is 288 g/mol. The summed E-state index contributed by atoms with van der Waals surface area (Å²) in [5, 5.41) is 13.9. The molecule has 0 fully saturated rings. The van der Waals surface area contributed by atoms with Crippen molar-refractivity contribution in [2.24, 2.45) is 0 Å². The molecule has 0 saturated heterocycles. The second-order valence-electron chi connectivity index (χ2n) is 4.37. The molecule has 0 spiro atoms. The Morgan fingerprint density at radius 3 is 2.67 bits per heavy atom. The summed E-state index contributed by atoms with van der Waals surface area (Å²) in [6.07, 6.45) is 0. The summed E-state index contributed by atoms with van der Waals surface area (Å²) in [6, 6.07) is 11.7. The van der Waals surface area contributed by atoms with E-state index < -0.39 is 4.92 Å². The van der Waals surface area contributed by atoms with Crippen LogP contribution in [0.4, 0.5) is 5.69 Å². The molecule has 0 aliphatic carbocycles. The molecule has 2 aromatic carbocycles. The number of rotatable bonds is 6. The van der Waals surface area contributed by atoms with Gasteiger partial charge in [0, 0.05) is 12.6 Å². The number of hydrogen-bond donors (Lipinski definition) is 1. The van der Waals surface area contributed by atoms with Crippen LogP contribution in [-0.2, 0) is 6.54 Å². The molecule has 0 unspecified atom stereocenters. The van der Waals surface area contributed by atoms with Crippen LogP contribution in [0.1, 0.15) is 5.56 Å². The van der Waals surface area contributed by atoms with E-state index in [-0.39, 0.29) is 5.69 Å². The van der Waals surface area contributed by atoms with Gasteiger partial charge in [0.25, 0.3) is 5.69 Å². The molecule has 0 saturated carbocycles. The molecule has 0 atom stereocenters. The lowest BCUT2D eigenvalue weighted by Crippen LogP contribution is -2.04. The van der Waals surface area contributed by atoms with E-state index >= 15 is 0 Å². The predicted molar refractivity (Wildman–Crippen MR) is 78.9 cm³/mol. The van der Waals surface area contributed by atoms with Crippen molar-refractivity contribution in [1.29, 1.82) is 0 Å². The maximum atomic E-state index is 10.8. The van der Waals surface area contributed by atoms with Crippen molar-refractivity contribution in [3.63, 3.8) is 0 Å². The normalized spacial score (nSPS) is 10.2. The van der Waals surface area contributed by atoms with Crippen molar-refractivity contribution >= 4 is 5.69 Å². The Bertz CT molecular complexity index is 643. The van der Waals surface area contributed by atoms with Gasteiger partial charge in [-0.25, -0.2) is 0 Å². The van der Waals surface area contributed by atoms with Gasteiger partial charge in [-0.1, -0.05) is 12.1 Å². The van der Waals surface area contributed by atoms with Gasteiger partial charge in [0.1, 0.15) is 5.75 Å². The first-order valence-corrected chi connectivity index (χ1v) is 6.38. The summed E-state index contributed by atoms with van der Waals surface area (Å²) in [4.78, 5) is 10.4. The zero-order valence-corrected chi connectivity index (χ0v) is 11.8. The highest BCUT2D eigenvalue weighted by Crippen LogP contribution is 2.34. The quantitative estimate of drug-likeness (QED) is 0.653. The molecule has 0 heterocycles. The van der Waals surface area contributed by atoms with Gasteiger partial charge in [0.05, 0.1) is 18.1 Å². The molecule has 0 aliphatic rings. The number of benzene rings is 2. The highest BCUT2D eigenvalue weighted by Gasteiger charge is 2.13. The molecule has 0 radical (unpaired) electrons. The van der Waals surface area contributed by atoms with Crippen molar-refractivity contribution < 1.29 is 14.4 Å². The average Bonchev–Trinajstić information content (AvgIpc) is 2.48. The summed E-state index contributed by atoms with van der Waals surface area (Å²) < 4.78 is 10.9. The maximum Gasteiger partial charge on any atom is 0.273 e. The van der Waals surface area contributed by atoms with Crippen LogP contribution in [0.25, 0.3) is 0 Å². The van der Waals surface area contributed by atoms with Crippen molar-refractivity contribution in [3.8, 4) is 17.2 Å². The van der Waals surface area contributed by atoms with E-state index in [1.54, 1.807) is 6.07 Å². The van der Waals surface area contributed by atoms with Crippen LogP contribution >= 0.6 is 0 Å². The maximum absolute atomic E-state index is 10.8. The Morgan fingerprint density at radius 1 is 1.19 bits per heavy atom. The Kier molecular flexibility index (Phi) is 4.73. The van der Waals surface area contributed by atoms with E-state index in [1.165, 1.54) is 25.3 Å². The standard InChI is InChI=1S/C15H16N2O4/c1-16-10-11-4-3-5-13(8-11)21-15-9-12(17(18)19)6-7-14(15)20-2/h3-9,16H,10H2,1-2H3. The van der Waals surface area contributed by atoms with Gasteiger partial charge in [0.2, 0.25) is 0 Å². The number of hydrogen-bond acceptors (Lipinski definition) is 5. The minimum Gasteiger partial charge on any atom is -0.493 e. The number of nitro groups is 1. The van der Waals surface area contributed by atoms with Crippen LogP contribution in [0.2, 0.25) is 0 Å². The van der Waals surface area contributed by atoms with Crippen molar-refractivity contribution in [2.45, 2.75) is 6.54 Å². The summed E-state index contributed by atoms with van der Waals surface area (Å²) >= 11 is 0. The Labute approximate surface area is 122 Å². The third-order valence-electron chi connectivity index (χ3n) is 2.87. The first-order valence-electron chi connectivity index (χ1n) is 6.38. The van der Waals surface area contributed by atoms with Gasteiger partial charge < -0.3 is 14.8 Å². The van der Waals surface area contributed by atoms with Gasteiger partial charge >= 0.3 is 0 Å². The molecule has 2 aromatic rings. The van der Waals surface area contributed by atoms with E-state index in [2.05, 4.69) is 5.32 Å². The van der Waals surface area contributed by atoms with Gasteiger partial charge in [-0.15, -0.1) is 0 Å². The molecule has 21 heavy (non-hydrogen) atoms. The second kappa shape index (κ2) is 6.71. The molecule has 0 amide bonds. The number of nitrogens with zero attached hydrogens (tertiary/aromatic N) is 1. The molecular formula is C15H16N2O4. The molecular weight excluding hydrogens is 272 g/mol. The van der Waals surface area contributed by atoms with Gasteiger partial charge in [-0.05, 0) is 30.8 Å². The van der Waals surface area contributed by atoms with Crippen LogP contribution in [0.15, 0.2) is 42.5 Å². The van der Waals surface area contributed by atoms with Crippen molar-refractivity contribution in [3.05, 3.63) is 58.1 Å². The van der Waals surface area contributed by atoms with Crippen LogP contribution < -0.4 is 14.8 Å². The molecule has 0 bridgehead atoms. The number of nitrogens with one attached hydrogen (secondary N) is 1. The van der Waals surface area contributed by atoms with E-state index in [0.717, 1.165) is 5.56 Å². The number of ether oxygens (including phenoxy) is 2. The largest absolute Gasteiger partial charge is 0.493 e. The smallest absolute Gasteiger partial charge is 0.273 e. The monoisotopic (exact) mass is 288 g/mol. The fourth-order valence-electron chi connectivity index (χ4n) is 1.91. The first kappa shape index (κ1) is 14.8. The summed E-state index contributed by atoms with van der Waals surface area (Å²) in [5.74, 6) is 1.36. The van der Waals surface area contributed by atoms with Crippen molar-refractivity contribution in [2.75, 3.05) is 14.2 Å². The van der Waals surface area contributed by atoms with Crippen LogP contribution in [0.5, 0.6) is 17.2 Å². The molecule has 110 valence electrons. The van der Waals surface area contributed by atoms with E-state index in [1.807, 2.05) is 25.2 Å². The summed E-state index contributed by atoms with van der Waals surface area (Å²) in [5.41, 5.74) is 1.01. The van der Waals surface area contributed by atoms with Crippen LogP contribution in [0, 0.1) is 10.1 Å². The van der Waals surface area contributed by atoms with Crippen LogP contribution in [-0.4, -0.2) is 19.1 Å². The Hall–Kier alpha value is -2.60. The Balaban J connectivity index is 2.31. The number of non-ortho nitro benzene ring substituents is 1. The lowest BCUT2D eigenvalue weighted by Gasteiger charge is -2.11. The second-order valence-corrected chi connectivity index (χ2v) is 4.37. The fraction of sp³-hybridized carbons (Fsp3) is 0.200. The van der Waals surface area contributed by atoms with Gasteiger partial charge in [-0.2, -0.15) is 0 Å². The molecule has 0 aromatic heterocycles. The number of nitro benzene ring substituents is 1. The van der Waals surface area contributed by atoms with Crippen molar-refractivity contribution in [1.82, 2.24) is 5.32 Å². The summed E-state index contributed by atoms with van der Waals surface area (Å²) in [6.45, 7) is 0.712. The lowest BCUT2D eigenvalue weighted by atomic mass is 10.2. The van der Waals surface area contributed by atoms with Gasteiger partial charge in [0.15, 0.2) is 11.5 Å². The third kappa shape index (κ3) is 3.70.